The summed E-state index contributed by atoms with van der Waals surface area (Å²) in [7, 11) is 1.19. The van der Waals surface area contributed by atoms with Gasteiger partial charge in [0.1, 0.15) is 35.4 Å². The quantitative estimate of drug-likeness (QED) is 0.270. The average molecular weight is 488 g/mol. The van der Waals surface area contributed by atoms with Gasteiger partial charge < -0.3 is 28.1 Å². The Hall–Kier alpha value is -3.40. The minimum absolute atomic E-state index is 0.0425. The van der Waals surface area contributed by atoms with E-state index in [9.17, 15) is 19.2 Å². The van der Waals surface area contributed by atoms with Crippen molar-refractivity contribution in [3.05, 3.63) is 47.0 Å². The predicted molar refractivity (Wildman–Crippen MR) is 118 cm³/mol. The second-order valence-corrected chi connectivity index (χ2v) is 9.26. The topological polar surface area (TPSA) is 131 Å². The van der Waals surface area contributed by atoms with Gasteiger partial charge in [0.15, 0.2) is 6.10 Å². The number of carbonyl (C=O) groups excluding carboxylic acids is 4. The number of ether oxygens (including phenoxy) is 5. The minimum Gasteiger partial charge on any atom is -0.466 e. The lowest BCUT2D eigenvalue weighted by molar-refractivity contribution is -0.155. The zero-order chi connectivity index (χ0) is 25.7. The lowest BCUT2D eigenvalue weighted by Crippen LogP contribution is -2.32. The molecule has 3 aliphatic heterocycles. The standard InChI is InChI=1S/C25H28O10/c1-11-7-19-22-25(5,35-22)10-15-8-17(24(29)33-15)18(31-13(3)26)9-16(12(2)23(28)30-6)21(20(11)34-19)32-14(4)27/h7-8,15-16,18,21-22H,2,9-10H2,1,3-6H3/t15-,16+,18-,21+,22-,25+/m0/s1. The van der Waals surface area contributed by atoms with Crippen LogP contribution in [0.25, 0.3) is 0 Å². The highest BCUT2D eigenvalue weighted by Crippen LogP contribution is 2.55. The highest BCUT2D eigenvalue weighted by Gasteiger charge is 2.57. The summed E-state index contributed by atoms with van der Waals surface area (Å²) in [5.41, 5.74) is 0.0991. The highest BCUT2D eigenvalue weighted by atomic mass is 16.6. The number of hydrogen-bond donors (Lipinski definition) is 0. The molecule has 188 valence electrons. The molecule has 35 heavy (non-hydrogen) atoms. The van der Waals surface area contributed by atoms with Crippen LogP contribution in [0.3, 0.4) is 0 Å². The lowest BCUT2D eigenvalue weighted by atomic mass is 9.84. The van der Waals surface area contributed by atoms with Crippen molar-refractivity contribution in [2.75, 3.05) is 7.11 Å². The van der Waals surface area contributed by atoms with E-state index in [2.05, 4.69) is 6.58 Å². The molecule has 1 fully saturated rings. The van der Waals surface area contributed by atoms with Gasteiger partial charge in [-0.05, 0) is 31.6 Å². The van der Waals surface area contributed by atoms with Crippen LogP contribution < -0.4 is 0 Å². The highest BCUT2D eigenvalue weighted by molar-refractivity contribution is 5.93. The van der Waals surface area contributed by atoms with Gasteiger partial charge in [-0.25, -0.2) is 9.59 Å². The van der Waals surface area contributed by atoms with Crippen LogP contribution in [0.1, 0.15) is 62.9 Å². The fraction of sp³-hybridized carbons (Fsp3) is 0.520. The molecule has 0 saturated carbocycles. The molecule has 10 nitrogen and oxygen atoms in total. The fourth-order valence-corrected chi connectivity index (χ4v) is 4.83. The number of carbonyl (C=O) groups is 4. The number of rotatable bonds is 4. The van der Waals surface area contributed by atoms with E-state index in [4.69, 9.17) is 28.1 Å². The van der Waals surface area contributed by atoms with Crippen molar-refractivity contribution in [2.45, 2.75) is 70.6 Å². The molecule has 1 saturated heterocycles. The van der Waals surface area contributed by atoms with Crippen molar-refractivity contribution in [2.24, 2.45) is 5.92 Å². The molecule has 10 heteroatoms. The molecular formula is C25H28O10. The van der Waals surface area contributed by atoms with Crippen LogP contribution in [0.4, 0.5) is 0 Å². The first-order valence-corrected chi connectivity index (χ1v) is 11.3. The molecule has 1 aromatic heterocycles. The first kappa shape index (κ1) is 24.7. The summed E-state index contributed by atoms with van der Waals surface area (Å²) in [5.74, 6) is -2.81. The molecule has 3 aliphatic rings. The molecule has 4 bridgehead atoms. The van der Waals surface area contributed by atoms with E-state index < -0.39 is 59.8 Å². The zero-order valence-corrected chi connectivity index (χ0v) is 20.2. The van der Waals surface area contributed by atoms with Gasteiger partial charge >= 0.3 is 23.9 Å². The van der Waals surface area contributed by atoms with Crippen LogP contribution in [0.15, 0.2) is 34.3 Å². The maximum atomic E-state index is 12.8. The van der Waals surface area contributed by atoms with Crippen molar-refractivity contribution < 1.29 is 47.3 Å². The number of esters is 4. The number of fused-ring (bicyclic) bond motifs is 5. The largest absolute Gasteiger partial charge is 0.466 e. The van der Waals surface area contributed by atoms with Gasteiger partial charge in [-0.15, -0.1) is 0 Å². The minimum atomic E-state index is -1.12. The Labute approximate surface area is 202 Å². The molecule has 0 unspecified atom stereocenters. The SMILES string of the molecule is C=C(C(=O)OC)[C@H]1C[C@H](OC(C)=O)C2=C[C@@H](C[C@@]3(C)O[C@H]3c3cc(C)c(o3)[C@@H]1OC(C)=O)OC2=O. The van der Waals surface area contributed by atoms with Crippen LogP contribution in [0, 0.1) is 12.8 Å². The molecule has 4 rings (SSSR count). The van der Waals surface area contributed by atoms with Crippen LogP contribution in [-0.2, 0) is 42.9 Å². The van der Waals surface area contributed by atoms with Gasteiger partial charge in [0, 0.05) is 38.2 Å². The van der Waals surface area contributed by atoms with Gasteiger partial charge in [0.2, 0.25) is 0 Å². The molecule has 4 heterocycles. The third-order valence-corrected chi connectivity index (χ3v) is 6.52. The molecule has 0 aromatic carbocycles. The van der Waals surface area contributed by atoms with E-state index in [1.807, 2.05) is 6.92 Å². The third-order valence-electron chi connectivity index (χ3n) is 6.52. The number of aryl methyl sites for hydroxylation is 1. The average Bonchev–Trinajstić information content (AvgIpc) is 3.08. The normalized spacial score (nSPS) is 31.4. The Balaban J connectivity index is 1.88. The van der Waals surface area contributed by atoms with Gasteiger partial charge in [0.05, 0.1) is 12.7 Å². The molecule has 0 aliphatic carbocycles. The van der Waals surface area contributed by atoms with Crippen LogP contribution in [0.5, 0.6) is 0 Å². The third kappa shape index (κ3) is 4.75. The van der Waals surface area contributed by atoms with Crippen LogP contribution in [-0.4, -0.2) is 48.8 Å². The van der Waals surface area contributed by atoms with Gasteiger partial charge in [-0.3, -0.25) is 9.59 Å². The lowest BCUT2D eigenvalue weighted by Gasteiger charge is -2.29. The van der Waals surface area contributed by atoms with E-state index >= 15 is 0 Å². The number of methoxy groups -OCH3 is 1. The zero-order valence-electron chi connectivity index (χ0n) is 20.2. The van der Waals surface area contributed by atoms with E-state index in [1.54, 1.807) is 19.1 Å². The van der Waals surface area contributed by atoms with Gasteiger partial charge in [-0.1, -0.05) is 6.58 Å². The maximum absolute atomic E-state index is 12.8. The second kappa shape index (κ2) is 8.99. The Bertz CT molecular complexity index is 1130. The Morgan fingerprint density at radius 1 is 1.17 bits per heavy atom. The fourth-order valence-electron chi connectivity index (χ4n) is 4.83. The molecular weight excluding hydrogens is 460 g/mol. The number of furan rings is 1. The van der Waals surface area contributed by atoms with Gasteiger partial charge in [0.25, 0.3) is 0 Å². The summed E-state index contributed by atoms with van der Waals surface area (Å²) in [6.45, 7) is 9.96. The Morgan fingerprint density at radius 2 is 1.86 bits per heavy atom. The second-order valence-electron chi connectivity index (χ2n) is 9.26. The van der Waals surface area contributed by atoms with Crippen LogP contribution in [0.2, 0.25) is 0 Å². The van der Waals surface area contributed by atoms with Crippen molar-refractivity contribution in [3.8, 4) is 0 Å². The van der Waals surface area contributed by atoms with Crippen molar-refractivity contribution >= 4 is 23.9 Å². The van der Waals surface area contributed by atoms with Crippen molar-refractivity contribution in [3.63, 3.8) is 0 Å². The molecule has 0 radical (unpaired) electrons. The number of hydrogen-bond acceptors (Lipinski definition) is 10. The monoisotopic (exact) mass is 488 g/mol. The van der Waals surface area contributed by atoms with Crippen molar-refractivity contribution in [1.29, 1.82) is 0 Å². The summed E-state index contributed by atoms with van der Waals surface area (Å²) in [5, 5.41) is 0. The molecule has 6 atom stereocenters. The van der Waals surface area contributed by atoms with E-state index in [1.165, 1.54) is 21.0 Å². The Morgan fingerprint density at radius 3 is 2.49 bits per heavy atom. The molecule has 0 N–H and O–H groups in total. The number of epoxide rings is 1. The van der Waals surface area contributed by atoms with E-state index in [0.29, 0.717) is 23.5 Å². The maximum Gasteiger partial charge on any atom is 0.338 e. The Kier molecular flexibility index (Phi) is 6.35. The smallest absolute Gasteiger partial charge is 0.338 e. The van der Waals surface area contributed by atoms with Gasteiger partial charge in [-0.2, -0.15) is 0 Å². The molecule has 1 aromatic rings. The summed E-state index contributed by atoms with van der Waals surface area (Å²) >= 11 is 0. The molecule has 0 spiro atoms. The summed E-state index contributed by atoms with van der Waals surface area (Å²) < 4.78 is 33.6. The summed E-state index contributed by atoms with van der Waals surface area (Å²) in [4.78, 5) is 49.4. The summed E-state index contributed by atoms with van der Waals surface area (Å²) in [6, 6.07) is 1.79. The van der Waals surface area contributed by atoms with E-state index in [-0.39, 0.29) is 17.6 Å². The van der Waals surface area contributed by atoms with Crippen molar-refractivity contribution in [1.82, 2.24) is 0 Å². The van der Waals surface area contributed by atoms with E-state index in [0.717, 1.165) is 0 Å². The molecule has 0 amide bonds. The van der Waals surface area contributed by atoms with Crippen LogP contribution >= 0.6 is 0 Å². The predicted octanol–water partition coefficient (Wildman–Crippen LogP) is 2.94. The first-order valence-electron chi connectivity index (χ1n) is 11.3. The first-order chi connectivity index (χ1) is 16.4. The summed E-state index contributed by atoms with van der Waals surface area (Å²) in [6.07, 6.45) is -1.38.